The first-order valence-corrected chi connectivity index (χ1v) is 7.09. The third-order valence-corrected chi connectivity index (χ3v) is 3.62. The maximum absolute atomic E-state index is 12.2. The summed E-state index contributed by atoms with van der Waals surface area (Å²) in [5.74, 6) is 1.53. The van der Waals surface area contributed by atoms with Gasteiger partial charge < -0.3 is 18.8 Å². The number of benzene rings is 1. The zero-order chi connectivity index (χ0) is 17.0. The van der Waals surface area contributed by atoms with Crippen molar-refractivity contribution in [1.82, 2.24) is 9.55 Å². The maximum atomic E-state index is 12.2. The van der Waals surface area contributed by atoms with Crippen molar-refractivity contribution in [2.75, 3.05) is 21.3 Å². The lowest BCUT2D eigenvalue weighted by atomic mass is 10.1. The lowest BCUT2D eigenvalue weighted by molar-refractivity contribution is 0.103. The Morgan fingerprint density at radius 2 is 1.78 bits per heavy atom. The molecule has 0 amide bonds. The van der Waals surface area contributed by atoms with Gasteiger partial charge in [0.05, 0.1) is 27.5 Å². The van der Waals surface area contributed by atoms with Crippen molar-refractivity contribution in [3.05, 3.63) is 40.9 Å². The molecule has 0 aliphatic heterocycles. The highest BCUT2D eigenvalue weighted by atomic mass is 35.5. The smallest absolute Gasteiger partial charge is 0.221 e. The van der Waals surface area contributed by atoms with Gasteiger partial charge in [0.15, 0.2) is 17.3 Å². The van der Waals surface area contributed by atoms with Gasteiger partial charge in [0.1, 0.15) is 5.15 Å². The second-order valence-corrected chi connectivity index (χ2v) is 5.01. The number of nitrogens with zero attached hydrogens (tertiary/aromatic N) is 2. The van der Waals surface area contributed by atoms with Gasteiger partial charge in [-0.2, -0.15) is 0 Å². The predicted molar refractivity (Wildman–Crippen MR) is 87.7 cm³/mol. The number of allylic oxidation sites excluding steroid dienone is 1. The fourth-order valence-corrected chi connectivity index (χ4v) is 2.19. The van der Waals surface area contributed by atoms with Crippen LogP contribution in [0.1, 0.15) is 16.2 Å². The summed E-state index contributed by atoms with van der Waals surface area (Å²) in [4.78, 5) is 16.2. The van der Waals surface area contributed by atoms with E-state index in [-0.39, 0.29) is 11.6 Å². The normalized spacial score (nSPS) is 10.8. The molecule has 7 heteroatoms. The predicted octanol–water partition coefficient (Wildman–Crippen LogP) is 3.00. The van der Waals surface area contributed by atoms with Gasteiger partial charge in [0.25, 0.3) is 0 Å². The van der Waals surface area contributed by atoms with E-state index in [1.165, 1.54) is 38.2 Å². The van der Waals surface area contributed by atoms with E-state index in [0.29, 0.717) is 22.4 Å². The van der Waals surface area contributed by atoms with Gasteiger partial charge in [-0.15, -0.1) is 0 Å². The van der Waals surface area contributed by atoms with Crippen LogP contribution in [0.3, 0.4) is 0 Å². The molecule has 0 saturated carbocycles. The maximum Gasteiger partial charge on any atom is 0.221 e. The van der Waals surface area contributed by atoms with Gasteiger partial charge in [0, 0.05) is 7.05 Å². The Bertz CT molecular complexity index is 728. The van der Waals surface area contributed by atoms with Crippen LogP contribution in [0.15, 0.2) is 24.4 Å². The van der Waals surface area contributed by atoms with E-state index >= 15 is 0 Å². The van der Waals surface area contributed by atoms with E-state index in [1.807, 2.05) is 0 Å². The molecule has 2 rings (SSSR count). The summed E-state index contributed by atoms with van der Waals surface area (Å²) in [5, 5.41) is 0.398. The average molecular weight is 337 g/mol. The van der Waals surface area contributed by atoms with E-state index in [1.54, 1.807) is 25.3 Å². The van der Waals surface area contributed by atoms with E-state index in [0.717, 1.165) is 5.56 Å². The van der Waals surface area contributed by atoms with Crippen LogP contribution in [0.5, 0.6) is 17.2 Å². The zero-order valence-corrected chi connectivity index (χ0v) is 14.0. The summed E-state index contributed by atoms with van der Waals surface area (Å²) < 4.78 is 17.3. The molecular formula is C16H17ClN2O4. The summed E-state index contributed by atoms with van der Waals surface area (Å²) >= 11 is 5.88. The molecule has 1 aromatic carbocycles. The van der Waals surface area contributed by atoms with Crippen molar-refractivity contribution >= 4 is 23.5 Å². The second kappa shape index (κ2) is 7.19. The fourth-order valence-electron chi connectivity index (χ4n) is 2.06. The molecule has 0 fully saturated rings. The summed E-state index contributed by atoms with van der Waals surface area (Å²) in [5.41, 5.74) is 0.730. The molecular weight excluding hydrogens is 320 g/mol. The number of ether oxygens (including phenoxy) is 3. The van der Waals surface area contributed by atoms with Crippen molar-refractivity contribution in [3.8, 4) is 17.2 Å². The van der Waals surface area contributed by atoms with Gasteiger partial charge in [0.2, 0.25) is 11.5 Å². The van der Waals surface area contributed by atoms with Crippen LogP contribution in [-0.4, -0.2) is 36.7 Å². The molecule has 2 aromatic rings. The summed E-state index contributed by atoms with van der Waals surface area (Å²) in [6.07, 6.45) is 4.50. The third kappa shape index (κ3) is 3.48. The van der Waals surface area contributed by atoms with E-state index in [9.17, 15) is 4.79 Å². The number of halogens is 1. The van der Waals surface area contributed by atoms with Crippen LogP contribution in [-0.2, 0) is 7.05 Å². The lowest BCUT2D eigenvalue weighted by Gasteiger charge is -2.12. The van der Waals surface area contributed by atoms with E-state index in [2.05, 4.69) is 4.98 Å². The molecule has 122 valence electrons. The number of hydrogen-bond donors (Lipinski definition) is 0. The SMILES string of the molecule is COc1cc(/C=C/C(=O)c2ncc(Cl)n2C)cc(OC)c1OC. The van der Waals surface area contributed by atoms with Crippen molar-refractivity contribution < 1.29 is 19.0 Å². The minimum atomic E-state index is -0.256. The van der Waals surface area contributed by atoms with Crippen LogP contribution in [0.4, 0.5) is 0 Å². The third-order valence-electron chi connectivity index (χ3n) is 3.27. The minimum absolute atomic E-state index is 0.256. The molecule has 6 nitrogen and oxygen atoms in total. The van der Waals surface area contributed by atoms with Gasteiger partial charge >= 0.3 is 0 Å². The van der Waals surface area contributed by atoms with Gasteiger partial charge in [-0.25, -0.2) is 4.98 Å². The van der Waals surface area contributed by atoms with Gasteiger partial charge in [-0.3, -0.25) is 4.79 Å². The lowest BCUT2D eigenvalue weighted by Crippen LogP contribution is -2.04. The largest absolute Gasteiger partial charge is 0.493 e. The fraction of sp³-hybridized carbons (Fsp3) is 0.250. The number of carbonyl (C=O) groups excluding carboxylic acids is 1. The Morgan fingerprint density at radius 3 is 2.22 bits per heavy atom. The molecule has 1 heterocycles. The van der Waals surface area contributed by atoms with Gasteiger partial charge in [-0.05, 0) is 23.8 Å². The minimum Gasteiger partial charge on any atom is -0.493 e. The molecule has 0 unspecified atom stereocenters. The topological polar surface area (TPSA) is 62.6 Å². The van der Waals surface area contributed by atoms with Crippen LogP contribution in [0.25, 0.3) is 6.08 Å². The van der Waals surface area contributed by atoms with Crippen molar-refractivity contribution in [2.24, 2.45) is 7.05 Å². The molecule has 0 radical (unpaired) electrons. The van der Waals surface area contributed by atoms with Crippen molar-refractivity contribution in [1.29, 1.82) is 0 Å². The Morgan fingerprint density at radius 1 is 1.17 bits per heavy atom. The second-order valence-electron chi connectivity index (χ2n) is 4.62. The van der Waals surface area contributed by atoms with Crippen LogP contribution < -0.4 is 14.2 Å². The first kappa shape index (κ1) is 16.9. The van der Waals surface area contributed by atoms with Crippen molar-refractivity contribution in [3.63, 3.8) is 0 Å². The highest BCUT2D eigenvalue weighted by Gasteiger charge is 2.13. The molecule has 0 saturated heterocycles. The molecule has 1 aromatic heterocycles. The van der Waals surface area contributed by atoms with Crippen LogP contribution >= 0.6 is 11.6 Å². The summed E-state index contributed by atoms with van der Waals surface area (Å²) in [6.45, 7) is 0. The standard InChI is InChI=1S/C16H17ClN2O4/c1-19-14(17)9-18-16(19)11(20)6-5-10-7-12(21-2)15(23-4)13(8-10)22-3/h5-9H,1-4H3/b6-5+. The first-order chi connectivity index (χ1) is 11.0. The Labute approximate surface area is 139 Å². The number of carbonyl (C=O) groups is 1. The van der Waals surface area contributed by atoms with Crippen LogP contribution in [0.2, 0.25) is 5.15 Å². The Kier molecular flexibility index (Phi) is 5.28. The molecule has 0 bridgehead atoms. The Hall–Kier alpha value is -2.47. The summed E-state index contributed by atoms with van der Waals surface area (Å²) in [6, 6.07) is 3.49. The molecule has 0 atom stereocenters. The van der Waals surface area contributed by atoms with Crippen molar-refractivity contribution in [2.45, 2.75) is 0 Å². The van der Waals surface area contributed by atoms with Crippen LogP contribution in [0, 0.1) is 0 Å². The number of rotatable bonds is 6. The molecule has 0 aliphatic rings. The number of hydrogen-bond acceptors (Lipinski definition) is 5. The Balaban J connectivity index is 2.32. The zero-order valence-electron chi connectivity index (χ0n) is 13.3. The molecule has 0 N–H and O–H groups in total. The summed E-state index contributed by atoms with van der Waals surface area (Å²) in [7, 11) is 6.28. The molecule has 23 heavy (non-hydrogen) atoms. The van der Waals surface area contributed by atoms with E-state index in [4.69, 9.17) is 25.8 Å². The average Bonchev–Trinajstić information content (AvgIpc) is 2.90. The first-order valence-electron chi connectivity index (χ1n) is 6.71. The number of ketones is 1. The quantitative estimate of drug-likeness (QED) is 0.599. The van der Waals surface area contributed by atoms with Gasteiger partial charge in [-0.1, -0.05) is 17.7 Å². The number of imidazole rings is 1. The number of methoxy groups -OCH3 is 3. The molecule has 0 spiro atoms. The number of aromatic nitrogens is 2. The van der Waals surface area contributed by atoms with E-state index < -0.39 is 0 Å². The highest BCUT2D eigenvalue weighted by Crippen LogP contribution is 2.38. The molecule has 0 aliphatic carbocycles. The monoisotopic (exact) mass is 336 g/mol. The highest BCUT2D eigenvalue weighted by molar-refractivity contribution is 6.29.